The van der Waals surface area contributed by atoms with Crippen LogP contribution in [-0.2, 0) is 6.42 Å². The standard InChI is InChI=1S/C14H21N3/c1-2-8-15-12(3-1)6-9-17-10-7-13-4-5-14(11-17)16-13/h1-3,8,13-14,16H,4-7,9-11H2. The Morgan fingerprint density at radius 2 is 2.18 bits per heavy atom. The minimum atomic E-state index is 0.742. The monoisotopic (exact) mass is 231 g/mol. The first-order valence-electron chi connectivity index (χ1n) is 6.78. The third-order valence-corrected chi connectivity index (χ3v) is 4.02. The van der Waals surface area contributed by atoms with E-state index in [0.717, 1.165) is 25.0 Å². The second-order valence-corrected chi connectivity index (χ2v) is 5.30. The van der Waals surface area contributed by atoms with Crippen LogP contribution in [0, 0.1) is 0 Å². The number of likely N-dealkylation sites (tertiary alicyclic amines) is 1. The minimum Gasteiger partial charge on any atom is -0.310 e. The lowest BCUT2D eigenvalue weighted by atomic mass is 10.1. The fraction of sp³-hybridized carbons (Fsp3) is 0.643. The van der Waals surface area contributed by atoms with Crippen LogP contribution in [0.2, 0.25) is 0 Å². The van der Waals surface area contributed by atoms with Gasteiger partial charge in [0.2, 0.25) is 0 Å². The molecule has 17 heavy (non-hydrogen) atoms. The van der Waals surface area contributed by atoms with Crippen LogP contribution in [0.1, 0.15) is 25.0 Å². The van der Waals surface area contributed by atoms with Gasteiger partial charge in [-0.05, 0) is 37.9 Å². The zero-order valence-electron chi connectivity index (χ0n) is 10.3. The molecule has 0 aromatic carbocycles. The molecule has 2 fully saturated rings. The van der Waals surface area contributed by atoms with Gasteiger partial charge in [-0.25, -0.2) is 0 Å². The van der Waals surface area contributed by atoms with Crippen molar-refractivity contribution in [2.45, 2.75) is 37.8 Å². The normalized spacial score (nSPS) is 29.2. The number of aromatic nitrogens is 1. The van der Waals surface area contributed by atoms with Crippen LogP contribution in [0.15, 0.2) is 24.4 Å². The molecule has 3 heterocycles. The van der Waals surface area contributed by atoms with Crippen molar-refractivity contribution < 1.29 is 0 Å². The number of fused-ring (bicyclic) bond motifs is 2. The molecule has 3 heteroatoms. The van der Waals surface area contributed by atoms with Crippen molar-refractivity contribution in [3.05, 3.63) is 30.1 Å². The van der Waals surface area contributed by atoms with Gasteiger partial charge in [-0.2, -0.15) is 0 Å². The quantitative estimate of drug-likeness (QED) is 0.853. The molecule has 2 bridgehead atoms. The van der Waals surface area contributed by atoms with Gasteiger partial charge in [-0.1, -0.05) is 6.07 Å². The van der Waals surface area contributed by atoms with E-state index in [1.165, 1.54) is 38.0 Å². The van der Waals surface area contributed by atoms with E-state index in [9.17, 15) is 0 Å². The van der Waals surface area contributed by atoms with Gasteiger partial charge in [0.15, 0.2) is 0 Å². The topological polar surface area (TPSA) is 28.2 Å². The van der Waals surface area contributed by atoms with Gasteiger partial charge in [0.05, 0.1) is 0 Å². The van der Waals surface area contributed by atoms with Crippen molar-refractivity contribution in [1.82, 2.24) is 15.2 Å². The summed E-state index contributed by atoms with van der Waals surface area (Å²) in [6, 6.07) is 7.72. The number of nitrogens with one attached hydrogen (secondary N) is 1. The number of nitrogens with zero attached hydrogens (tertiary/aromatic N) is 2. The van der Waals surface area contributed by atoms with Crippen LogP contribution in [0.25, 0.3) is 0 Å². The van der Waals surface area contributed by atoms with E-state index in [0.29, 0.717) is 0 Å². The zero-order chi connectivity index (χ0) is 11.5. The summed E-state index contributed by atoms with van der Waals surface area (Å²) in [5, 5.41) is 3.72. The molecular weight excluding hydrogens is 210 g/mol. The lowest BCUT2D eigenvalue weighted by Crippen LogP contribution is -2.36. The number of hydrogen-bond donors (Lipinski definition) is 1. The molecule has 0 saturated carbocycles. The van der Waals surface area contributed by atoms with E-state index in [-0.39, 0.29) is 0 Å². The Morgan fingerprint density at radius 3 is 3.06 bits per heavy atom. The van der Waals surface area contributed by atoms with Gasteiger partial charge in [-0.3, -0.25) is 4.98 Å². The highest BCUT2D eigenvalue weighted by molar-refractivity contribution is 5.04. The van der Waals surface area contributed by atoms with Crippen LogP contribution in [-0.4, -0.2) is 41.6 Å². The summed E-state index contributed by atoms with van der Waals surface area (Å²) in [6.45, 7) is 3.63. The SMILES string of the molecule is c1ccc(CCN2CCC3CCC(C2)N3)nc1. The number of pyridine rings is 1. The van der Waals surface area contributed by atoms with Gasteiger partial charge >= 0.3 is 0 Å². The van der Waals surface area contributed by atoms with Crippen LogP contribution >= 0.6 is 0 Å². The first-order valence-corrected chi connectivity index (χ1v) is 6.78. The fourth-order valence-corrected chi connectivity index (χ4v) is 3.04. The second-order valence-electron chi connectivity index (χ2n) is 5.30. The van der Waals surface area contributed by atoms with Crippen LogP contribution in [0.3, 0.4) is 0 Å². The molecule has 0 aliphatic carbocycles. The van der Waals surface area contributed by atoms with Crippen molar-refractivity contribution >= 4 is 0 Å². The van der Waals surface area contributed by atoms with Crippen molar-refractivity contribution in [2.24, 2.45) is 0 Å². The van der Waals surface area contributed by atoms with Gasteiger partial charge in [0.1, 0.15) is 0 Å². The average molecular weight is 231 g/mol. The molecule has 2 atom stereocenters. The molecule has 0 radical (unpaired) electrons. The molecule has 2 unspecified atom stereocenters. The van der Waals surface area contributed by atoms with Crippen molar-refractivity contribution in [2.75, 3.05) is 19.6 Å². The van der Waals surface area contributed by atoms with E-state index in [1.807, 2.05) is 12.3 Å². The third kappa shape index (κ3) is 2.85. The van der Waals surface area contributed by atoms with E-state index < -0.39 is 0 Å². The first kappa shape index (κ1) is 11.2. The van der Waals surface area contributed by atoms with Crippen LogP contribution in [0.4, 0.5) is 0 Å². The van der Waals surface area contributed by atoms with Crippen LogP contribution < -0.4 is 5.32 Å². The highest BCUT2D eigenvalue weighted by Crippen LogP contribution is 2.20. The average Bonchev–Trinajstić information content (AvgIpc) is 2.70. The fourth-order valence-electron chi connectivity index (χ4n) is 3.04. The lowest BCUT2D eigenvalue weighted by Gasteiger charge is -2.23. The summed E-state index contributed by atoms with van der Waals surface area (Å²) in [7, 11) is 0. The maximum atomic E-state index is 4.39. The van der Waals surface area contributed by atoms with Crippen LogP contribution in [0.5, 0.6) is 0 Å². The van der Waals surface area contributed by atoms with Gasteiger partial charge < -0.3 is 10.2 Å². The van der Waals surface area contributed by atoms with E-state index in [1.54, 1.807) is 0 Å². The molecule has 2 aliphatic rings. The minimum absolute atomic E-state index is 0.742. The molecule has 3 rings (SSSR count). The Morgan fingerprint density at radius 1 is 1.24 bits per heavy atom. The van der Waals surface area contributed by atoms with Gasteiger partial charge in [0, 0.05) is 43.5 Å². The summed E-state index contributed by atoms with van der Waals surface area (Å²) < 4.78 is 0. The first-order chi connectivity index (χ1) is 8.40. The highest BCUT2D eigenvalue weighted by Gasteiger charge is 2.28. The van der Waals surface area contributed by atoms with Crippen molar-refractivity contribution in [3.8, 4) is 0 Å². The maximum Gasteiger partial charge on any atom is 0.0416 e. The maximum absolute atomic E-state index is 4.39. The van der Waals surface area contributed by atoms with Gasteiger partial charge in [0.25, 0.3) is 0 Å². The summed E-state index contributed by atoms with van der Waals surface area (Å²) in [4.78, 5) is 6.99. The predicted octanol–water partition coefficient (Wildman–Crippen LogP) is 1.45. The molecule has 92 valence electrons. The Bertz CT molecular complexity index is 352. The Labute approximate surface area is 103 Å². The zero-order valence-corrected chi connectivity index (χ0v) is 10.3. The Balaban J connectivity index is 1.52. The van der Waals surface area contributed by atoms with E-state index >= 15 is 0 Å². The van der Waals surface area contributed by atoms with Crippen molar-refractivity contribution in [3.63, 3.8) is 0 Å². The molecule has 0 spiro atoms. The molecule has 2 saturated heterocycles. The molecule has 1 aromatic rings. The predicted molar refractivity (Wildman–Crippen MR) is 68.9 cm³/mol. The highest BCUT2D eigenvalue weighted by atomic mass is 15.2. The Hall–Kier alpha value is -0.930. The summed E-state index contributed by atoms with van der Waals surface area (Å²) in [6.07, 6.45) is 7.04. The third-order valence-electron chi connectivity index (χ3n) is 4.02. The Kier molecular flexibility index (Phi) is 3.39. The molecule has 3 nitrogen and oxygen atoms in total. The molecule has 0 amide bonds. The molecule has 2 aliphatic heterocycles. The summed E-state index contributed by atoms with van der Waals surface area (Å²) in [5.74, 6) is 0. The molecule has 1 aromatic heterocycles. The second kappa shape index (κ2) is 5.15. The number of rotatable bonds is 3. The smallest absolute Gasteiger partial charge is 0.0416 e. The number of hydrogen-bond acceptors (Lipinski definition) is 3. The van der Waals surface area contributed by atoms with E-state index in [2.05, 4.69) is 27.3 Å². The van der Waals surface area contributed by atoms with E-state index in [4.69, 9.17) is 0 Å². The lowest BCUT2D eigenvalue weighted by molar-refractivity contribution is 0.261. The molecular formula is C14H21N3. The summed E-state index contributed by atoms with van der Waals surface area (Å²) >= 11 is 0. The largest absolute Gasteiger partial charge is 0.310 e. The summed E-state index contributed by atoms with van der Waals surface area (Å²) in [5.41, 5.74) is 1.22. The molecule has 1 N–H and O–H groups in total. The van der Waals surface area contributed by atoms with Gasteiger partial charge in [-0.15, -0.1) is 0 Å². The van der Waals surface area contributed by atoms with Crippen molar-refractivity contribution in [1.29, 1.82) is 0 Å².